The van der Waals surface area contributed by atoms with Gasteiger partial charge >= 0.3 is 0 Å². The summed E-state index contributed by atoms with van der Waals surface area (Å²) in [5.41, 5.74) is 0.844. The highest BCUT2D eigenvalue weighted by Gasteiger charge is 2.01. The molecule has 0 amide bonds. The molecule has 3 nitrogen and oxygen atoms in total. The van der Waals surface area contributed by atoms with E-state index in [0.29, 0.717) is 24.6 Å². The first kappa shape index (κ1) is 13.7. The number of benzene rings is 1. The van der Waals surface area contributed by atoms with Crippen LogP contribution in [0.25, 0.3) is 0 Å². The lowest BCUT2D eigenvalue weighted by atomic mass is 10.2. The van der Waals surface area contributed by atoms with Crippen molar-refractivity contribution in [2.45, 2.75) is 13.5 Å². The van der Waals surface area contributed by atoms with Crippen molar-refractivity contribution in [1.82, 2.24) is 5.32 Å². The Kier molecular flexibility index (Phi) is 6.01. The molecule has 1 aromatic rings. The molecule has 0 radical (unpaired) electrons. The minimum Gasteiger partial charge on any atom is -0.508 e. The van der Waals surface area contributed by atoms with Crippen molar-refractivity contribution in [3.63, 3.8) is 0 Å². The van der Waals surface area contributed by atoms with Crippen LogP contribution in [0.1, 0.15) is 12.5 Å². The van der Waals surface area contributed by atoms with E-state index < -0.39 is 10.8 Å². The molecule has 5 heteroatoms. The summed E-state index contributed by atoms with van der Waals surface area (Å²) in [6, 6.07) is 5.33. The number of rotatable bonds is 6. The van der Waals surface area contributed by atoms with Gasteiger partial charge in [0.15, 0.2) is 0 Å². The van der Waals surface area contributed by atoms with Crippen LogP contribution in [0, 0.1) is 0 Å². The highest BCUT2D eigenvalue weighted by atomic mass is 79.9. The molecule has 0 aliphatic rings. The normalized spacial score (nSPS) is 12.6. The van der Waals surface area contributed by atoms with Crippen LogP contribution in [-0.2, 0) is 17.3 Å². The third-order valence-electron chi connectivity index (χ3n) is 2.19. The number of aromatic hydroxyl groups is 1. The van der Waals surface area contributed by atoms with Gasteiger partial charge in [-0.05, 0) is 18.2 Å². The van der Waals surface area contributed by atoms with Gasteiger partial charge in [0.25, 0.3) is 0 Å². The van der Waals surface area contributed by atoms with Crippen LogP contribution in [0.15, 0.2) is 22.7 Å². The first-order chi connectivity index (χ1) is 7.63. The van der Waals surface area contributed by atoms with E-state index in [9.17, 15) is 9.32 Å². The Balaban J connectivity index is 2.37. The average Bonchev–Trinajstić information content (AvgIpc) is 2.28. The molecule has 0 saturated carbocycles. The highest BCUT2D eigenvalue weighted by molar-refractivity contribution is 9.10. The number of hydrogen-bond acceptors (Lipinski definition) is 3. The van der Waals surface area contributed by atoms with Gasteiger partial charge in [-0.1, -0.05) is 22.9 Å². The monoisotopic (exact) mass is 305 g/mol. The maximum absolute atomic E-state index is 11.2. The molecule has 0 saturated heterocycles. The largest absolute Gasteiger partial charge is 0.508 e. The van der Waals surface area contributed by atoms with E-state index in [1.165, 1.54) is 0 Å². The van der Waals surface area contributed by atoms with Gasteiger partial charge in [0.2, 0.25) is 0 Å². The summed E-state index contributed by atoms with van der Waals surface area (Å²) in [5, 5.41) is 12.7. The summed E-state index contributed by atoms with van der Waals surface area (Å²) < 4.78 is 12.1. The quantitative estimate of drug-likeness (QED) is 0.791. The standard InChI is InChI=1S/C11H16BrNO2S/c1-2-16(15)6-5-13-8-9-7-10(12)3-4-11(9)14/h3-4,7,13-14H,2,5-6,8H2,1H3. The number of hydrogen-bond donors (Lipinski definition) is 2. The van der Waals surface area contributed by atoms with Gasteiger partial charge in [-0.2, -0.15) is 0 Å². The van der Waals surface area contributed by atoms with E-state index in [2.05, 4.69) is 21.2 Å². The Hall–Kier alpha value is -0.390. The molecule has 1 rings (SSSR count). The third-order valence-corrected chi connectivity index (χ3v) is 3.98. The smallest absolute Gasteiger partial charge is 0.120 e. The second kappa shape index (κ2) is 7.04. The van der Waals surface area contributed by atoms with Gasteiger partial charge in [-0.25, -0.2) is 0 Å². The van der Waals surface area contributed by atoms with Gasteiger partial charge in [0.1, 0.15) is 5.75 Å². The Morgan fingerprint density at radius 2 is 2.25 bits per heavy atom. The molecular formula is C11H16BrNO2S. The molecule has 1 unspecified atom stereocenters. The molecule has 90 valence electrons. The van der Waals surface area contributed by atoms with Crippen molar-refractivity contribution in [3.8, 4) is 5.75 Å². The van der Waals surface area contributed by atoms with Crippen molar-refractivity contribution in [2.24, 2.45) is 0 Å². The maximum Gasteiger partial charge on any atom is 0.120 e. The van der Waals surface area contributed by atoms with Gasteiger partial charge < -0.3 is 10.4 Å². The molecule has 0 aliphatic heterocycles. The van der Waals surface area contributed by atoms with Crippen molar-refractivity contribution in [3.05, 3.63) is 28.2 Å². The summed E-state index contributed by atoms with van der Waals surface area (Å²) in [6.07, 6.45) is 0. The molecule has 0 bridgehead atoms. The fourth-order valence-corrected chi connectivity index (χ4v) is 2.32. The van der Waals surface area contributed by atoms with Gasteiger partial charge in [0, 0.05) is 45.4 Å². The zero-order valence-corrected chi connectivity index (χ0v) is 11.6. The summed E-state index contributed by atoms with van der Waals surface area (Å²) in [7, 11) is -0.729. The van der Waals surface area contributed by atoms with Crippen LogP contribution >= 0.6 is 15.9 Å². The Morgan fingerprint density at radius 3 is 2.94 bits per heavy atom. The first-order valence-corrected chi connectivity index (χ1v) is 7.44. The van der Waals surface area contributed by atoms with Crippen molar-refractivity contribution in [2.75, 3.05) is 18.1 Å². The van der Waals surface area contributed by atoms with E-state index in [1.807, 2.05) is 13.0 Å². The molecule has 0 aliphatic carbocycles. The second-order valence-corrected chi connectivity index (χ2v) is 6.16. The van der Waals surface area contributed by atoms with E-state index in [-0.39, 0.29) is 5.75 Å². The predicted octanol–water partition coefficient (Wildman–Crippen LogP) is 2.01. The van der Waals surface area contributed by atoms with Crippen LogP contribution in [0.2, 0.25) is 0 Å². The SMILES string of the molecule is CCS(=O)CCNCc1cc(Br)ccc1O. The number of phenolic OH excluding ortho intramolecular Hbond substituents is 1. The van der Waals surface area contributed by atoms with Crippen LogP contribution in [0.3, 0.4) is 0 Å². The van der Waals surface area contributed by atoms with E-state index >= 15 is 0 Å². The van der Waals surface area contributed by atoms with Crippen LogP contribution in [-0.4, -0.2) is 27.4 Å². The molecule has 0 aromatic heterocycles. The zero-order chi connectivity index (χ0) is 12.0. The highest BCUT2D eigenvalue weighted by Crippen LogP contribution is 2.21. The minimum atomic E-state index is -0.729. The molecule has 16 heavy (non-hydrogen) atoms. The van der Waals surface area contributed by atoms with E-state index in [0.717, 1.165) is 10.0 Å². The first-order valence-electron chi connectivity index (χ1n) is 5.16. The molecule has 2 N–H and O–H groups in total. The van der Waals surface area contributed by atoms with Crippen molar-refractivity contribution in [1.29, 1.82) is 0 Å². The maximum atomic E-state index is 11.2. The van der Waals surface area contributed by atoms with Crippen LogP contribution in [0.4, 0.5) is 0 Å². The molecule has 0 spiro atoms. The number of phenols is 1. The molecule has 1 aromatic carbocycles. The van der Waals surface area contributed by atoms with Gasteiger partial charge in [0.05, 0.1) is 0 Å². The predicted molar refractivity (Wildman–Crippen MR) is 71.1 cm³/mol. The van der Waals surface area contributed by atoms with Gasteiger partial charge in [-0.3, -0.25) is 4.21 Å². The summed E-state index contributed by atoms with van der Waals surface area (Å²) in [5.74, 6) is 1.64. The van der Waals surface area contributed by atoms with Crippen LogP contribution in [0.5, 0.6) is 5.75 Å². The lowest BCUT2D eigenvalue weighted by Gasteiger charge is -2.07. The topological polar surface area (TPSA) is 49.3 Å². The molecule has 0 heterocycles. The lowest BCUT2D eigenvalue weighted by molar-refractivity contribution is 0.465. The summed E-state index contributed by atoms with van der Waals surface area (Å²) in [6.45, 7) is 3.20. The van der Waals surface area contributed by atoms with E-state index in [1.54, 1.807) is 12.1 Å². The summed E-state index contributed by atoms with van der Waals surface area (Å²) >= 11 is 3.35. The Labute approximate surface area is 107 Å². The number of nitrogens with one attached hydrogen (secondary N) is 1. The fourth-order valence-electron chi connectivity index (χ4n) is 1.25. The van der Waals surface area contributed by atoms with Crippen molar-refractivity contribution >= 4 is 26.7 Å². The lowest BCUT2D eigenvalue weighted by Crippen LogP contribution is -2.20. The summed E-state index contributed by atoms with van der Waals surface area (Å²) in [4.78, 5) is 0. The van der Waals surface area contributed by atoms with Gasteiger partial charge in [-0.15, -0.1) is 0 Å². The molecule has 0 fully saturated rings. The Bertz CT molecular complexity index is 371. The van der Waals surface area contributed by atoms with Crippen molar-refractivity contribution < 1.29 is 9.32 Å². The van der Waals surface area contributed by atoms with Crippen LogP contribution < -0.4 is 5.32 Å². The zero-order valence-electron chi connectivity index (χ0n) is 9.20. The number of halogens is 1. The second-order valence-electron chi connectivity index (χ2n) is 3.38. The Morgan fingerprint density at radius 1 is 1.50 bits per heavy atom. The minimum absolute atomic E-state index is 0.285. The molecule has 1 atom stereocenters. The van der Waals surface area contributed by atoms with E-state index in [4.69, 9.17) is 0 Å². The fraction of sp³-hybridized carbons (Fsp3) is 0.455. The third kappa shape index (κ3) is 4.63. The molecular weight excluding hydrogens is 290 g/mol. The average molecular weight is 306 g/mol.